The lowest BCUT2D eigenvalue weighted by atomic mass is 10.00. The van der Waals surface area contributed by atoms with Gasteiger partial charge in [0.05, 0.1) is 12.2 Å². The van der Waals surface area contributed by atoms with Crippen molar-refractivity contribution in [1.29, 1.82) is 0 Å². The van der Waals surface area contributed by atoms with Crippen LogP contribution < -0.4 is 10.6 Å². The first kappa shape index (κ1) is 24.2. The van der Waals surface area contributed by atoms with E-state index in [9.17, 15) is 4.79 Å². The molecule has 4 atom stereocenters. The number of piperidine rings is 1. The molecule has 0 aliphatic carbocycles. The molecule has 7 heteroatoms. The number of hydrogen-bond donors (Lipinski definition) is 2. The van der Waals surface area contributed by atoms with Gasteiger partial charge in [-0.1, -0.05) is 12.1 Å². The predicted octanol–water partition coefficient (Wildman–Crippen LogP) is 3.01. The number of rotatable bonds is 4. The van der Waals surface area contributed by atoms with Gasteiger partial charge in [-0.25, -0.2) is 0 Å². The number of nitrogens with one attached hydrogen (secondary N) is 2. The molecule has 0 saturated carbocycles. The van der Waals surface area contributed by atoms with Crippen LogP contribution in [0, 0.1) is 0 Å². The second kappa shape index (κ2) is 11.2. The fourth-order valence-corrected chi connectivity index (χ4v) is 3.96. The number of nitrogens with zero attached hydrogens (tertiary/aromatic N) is 1. The van der Waals surface area contributed by atoms with Crippen molar-refractivity contribution in [3.8, 4) is 0 Å². The summed E-state index contributed by atoms with van der Waals surface area (Å²) in [5.41, 5.74) is 1.99. The zero-order valence-electron chi connectivity index (χ0n) is 16.4. The van der Waals surface area contributed by atoms with Gasteiger partial charge >= 0.3 is 0 Å². The van der Waals surface area contributed by atoms with Crippen LogP contribution in [0.1, 0.15) is 49.5 Å². The Labute approximate surface area is 175 Å². The molecular formula is C20H33Cl2N3O2. The molecule has 0 radical (unpaired) electrons. The van der Waals surface area contributed by atoms with E-state index in [1.54, 1.807) is 0 Å². The molecule has 2 saturated heterocycles. The summed E-state index contributed by atoms with van der Waals surface area (Å²) in [4.78, 5) is 14.9. The Morgan fingerprint density at radius 2 is 1.78 bits per heavy atom. The van der Waals surface area contributed by atoms with Crippen LogP contribution in [0.5, 0.6) is 0 Å². The third kappa shape index (κ3) is 7.24. The normalized spacial score (nSPS) is 28.6. The molecule has 1 amide bonds. The van der Waals surface area contributed by atoms with Crippen molar-refractivity contribution in [2.75, 3.05) is 19.6 Å². The largest absolute Gasteiger partial charge is 0.373 e. The number of halogens is 2. The maximum Gasteiger partial charge on any atom is 0.251 e. The Hall–Kier alpha value is -0.850. The lowest BCUT2D eigenvalue weighted by Gasteiger charge is -2.35. The fraction of sp³-hybridized carbons (Fsp3) is 0.650. The number of hydrogen-bond acceptors (Lipinski definition) is 4. The summed E-state index contributed by atoms with van der Waals surface area (Å²) in [6, 6.07) is 8.79. The molecule has 5 nitrogen and oxygen atoms in total. The molecule has 2 heterocycles. The lowest BCUT2D eigenvalue weighted by molar-refractivity contribution is -0.0704. The molecule has 2 N–H and O–H groups in total. The average Bonchev–Trinajstić information content (AvgIpc) is 2.54. The van der Waals surface area contributed by atoms with Crippen molar-refractivity contribution in [2.24, 2.45) is 0 Å². The topological polar surface area (TPSA) is 53.6 Å². The molecule has 2 fully saturated rings. The monoisotopic (exact) mass is 417 g/mol. The molecule has 0 aromatic heterocycles. The molecule has 3 rings (SSSR count). The highest BCUT2D eigenvalue weighted by Crippen LogP contribution is 2.15. The van der Waals surface area contributed by atoms with Crippen LogP contribution in [-0.2, 0) is 11.3 Å². The minimum Gasteiger partial charge on any atom is -0.373 e. The lowest BCUT2D eigenvalue weighted by Crippen LogP contribution is -2.46. The van der Waals surface area contributed by atoms with E-state index in [2.05, 4.69) is 48.4 Å². The summed E-state index contributed by atoms with van der Waals surface area (Å²) in [5.74, 6) is 0.0410. The van der Waals surface area contributed by atoms with E-state index < -0.39 is 0 Å². The maximum absolute atomic E-state index is 12.4. The number of carbonyl (C=O) groups is 1. The third-order valence-electron chi connectivity index (χ3n) is 5.08. The summed E-state index contributed by atoms with van der Waals surface area (Å²) in [7, 11) is 0. The molecule has 2 aliphatic heterocycles. The van der Waals surface area contributed by atoms with Crippen LogP contribution in [0.25, 0.3) is 0 Å². The van der Waals surface area contributed by atoms with Crippen molar-refractivity contribution in [3.63, 3.8) is 0 Å². The number of ether oxygens (including phenoxy) is 1. The van der Waals surface area contributed by atoms with Crippen molar-refractivity contribution >= 4 is 30.7 Å². The Balaban J connectivity index is 0.00000182. The first-order chi connectivity index (χ1) is 12.0. The summed E-state index contributed by atoms with van der Waals surface area (Å²) >= 11 is 0. The molecule has 1 aromatic rings. The highest BCUT2D eigenvalue weighted by molar-refractivity contribution is 5.94. The van der Waals surface area contributed by atoms with Gasteiger partial charge < -0.3 is 15.4 Å². The Morgan fingerprint density at radius 3 is 2.37 bits per heavy atom. The number of carbonyl (C=O) groups excluding carboxylic acids is 1. The average molecular weight is 418 g/mol. The van der Waals surface area contributed by atoms with Gasteiger partial charge in [0, 0.05) is 37.3 Å². The van der Waals surface area contributed by atoms with Gasteiger partial charge in [-0.15, -0.1) is 24.8 Å². The van der Waals surface area contributed by atoms with E-state index in [4.69, 9.17) is 4.74 Å². The Bertz CT molecular complexity index is 575. The van der Waals surface area contributed by atoms with Crippen molar-refractivity contribution in [2.45, 2.75) is 64.4 Å². The van der Waals surface area contributed by atoms with Crippen LogP contribution in [0.15, 0.2) is 24.3 Å². The van der Waals surface area contributed by atoms with Crippen molar-refractivity contribution in [1.82, 2.24) is 15.5 Å². The zero-order chi connectivity index (χ0) is 17.8. The number of amides is 1. The molecule has 27 heavy (non-hydrogen) atoms. The quantitative estimate of drug-likeness (QED) is 0.790. The van der Waals surface area contributed by atoms with E-state index in [0.717, 1.165) is 44.6 Å². The van der Waals surface area contributed by atoms with Crippen molar-refractivity contribution < 1.29 is 9.53 Å². The third-order valence-corrected chi connectivity index (χ3v) is 5.08. The highest BCUT2D eigenvalue weighted by Gasteiger charge is 2.23. The summed E-state index contributed by atoms with van der Waals surface area (Å²) < 4.78 is 5.79. The SMILES string of the molecule is CC1CC(NC(=O)c2ccc(CN3CC(C)OC(C)C3)cc2)CCN1.Cl.Cl. The second-order valence-corrected chi connectivity index (χ2v) is 7.70. The smallest absolute Gasteiger partial charge is 0.251 e. The van der Waals surface area contributed by atoms with Crippen LogP contribution in [0.4, 0.5) is 0 Å². The summed E-state index contributed by atoms with van der Waals surface area (Å²) in [5, 5.41) is 6.58. The molecule has 1 aromatic carbocycles. The van der Waals surface area contributed by atoms with E-state index in [-0.39, 0.29) is 49.0 Å². The van der Waals surface area contributed by atoms with E-state index in [1.807, 2.05) is 12.1 Å². The predicted molar refractivity (Wildman–Crippen MR) is 114 cm³/mol. The van der Waals surface area contributed by atoms with Crippen LogP contribution in [0.3, 0.4) is 0 Å². The summed E-state index contributed by atoms with van der Waals surface area (Å²) in [6.45, 7) is 10.2. The van der Waals surface area contributed by atoms with Crippen LogP contribution >= 0.6 is 24.8 Å². The summed E-state index contributed by atoms with van der Waals surface area (Å²) in [6.07, 6.45) is 2.56. The van der Waals surface area contributed by atoms with Gasteiger partial charge in [0.2, 0.25) is 0 Å². The molecular weight excluding hydrogens is 385 g/mol. The van der Waals surface area contributed by atoms with Gasteiger partial charge in [-0.2, -0.15) is 0 Å². The van der Waals surface area contributed by atoms with Crippen molar-refractivity contribution in [3.05, 3.63) is 35.4 Å². The van der Waals surface area contributed by atoms with Gasteiger partial charge in [0.15, 0.2) is 0 Å². The maximum atomic E-state index is 12.4. The first-order valence-electron chi connectivity index (χ1n) is 9.50. The zero-order valence-corrected chi connectivity index (χ0v) is 18.1. The standard InChI is InChI=1S/C20H31N3O2.2ClH/c1-14-10-19(8-9-21-14)22-20(24)18-6-4-17(5-7-18)13-23-11-15(2)25-16(3)12-23;;/h4-7,14-16,19,21H,8-13H2,1-3H3,(H,22,24);2*1H. The van der Waals surface area contributed by atoms with E-state index in [1.165, 1.54) is 5.56 Å². The highest BCUT2D eigenvalue weighted by atomic mass is 35.5. The molecule has 154 valence electrons. The second-order valence-electron chi connectivity index (χ2n) is 7.70. The van der Waals surface area contributed by atoms with Gasteiger partial charge in [0.1, 0.15) is 0 Å². The Kier molecular flexibility index (Phi) is 10.1. The molecule has 0 spiro atoms. The van der Waals surface area contributed by atoms with Gasteiger partial charge in [-0.05, 0) is 57.9 Å². The molecule has 2 aliphatic rings. The minimum absolute atomic E-state index is 0. The first-order valence-corrected chi connectivity index (χ1v) is 9.50. The molecule has 4 unspecified atom stereocenters. The van der Waals surface area contributed by atoms with E-state index in [0.29, 0.717) is 6.04 Å². The minimum atomic E-state index is 0. The van der Waals surface area contributed by atoms with Gasteiger partial charge in [0.25, 0.3) is 5.91 Å². The number of morpholine rings is 1. The van der Waals surface area contributed by atoms with E-state index >= 15 is 0 Å². The van der Waals surface area contributed by atoms with Gasteiger partial charge in [-0.3, -0.25) is 9.69 Å². The molecule has 0 bridgehead atoms. The van der Waals surface area contributed by atoms with Crippen LogP contribution in [0.2, 0.25) is 0 Å². The number of benzene rings is 1. The van der Waals surface area contributed by atoms with Crippen LogP contribution in [-0.4, -0.2) is 54.7 Å². The fourth-order valence-electron chi connectivity index (χ4n) is 3.96. The Morgan fingerprint density at radius 1 is 1.15 bits per heavy atom.